The predicted molar refractivity (Wildman–Crippen MR) is 154 cm³/mol. The van der Waals surface area contributed by atoms with Crippen molar-refractivity contribution < 1.29 is 19.5 Å². The number of hydrogen-bond acceptors (Lipinski definition) is 12. The van der Waals surface area contributed by atoms with Crippen LogP contribution in [0.25, 0.3) is 11.0 Å². The number of carbonyl (C=O) groups is 2. The van der Waals surface area contributed by atoms with Crippen LogP contribution in [0.1, 0.15) is 64.9 Å². The summed E-state index contributed by atoms with van der Waals surface area (Å²) in [4.78, 5) is 60.6. The number of nitrogens with one attached hydrogen (secondary N) is 2. The van der Waals surface area contributed by atoms with Crippen molar-refractivity contribution >= 4 is 40.4 Å². The summed E-state index contributed by atoms with van der Waals surface area (Å²) in [7, 11) is 1.79. The Labute approximate surface area is 240 Å². The van der Waals surface area contributed by atoms with Gasteiger partial charge in [-0.1, -0.05) is 12.8 Å². The summed E-state index contributed by atoms with van der Waals surface area (Å²) in [5.74, 6) is 0.773. The number of fused-ring (bicyclic) bond motifs is 1. The number of aromatic nitrogens is 6. The van der Waals surface area contributed by atoms with Crippen LogP contribution in [0, 0.1) is 6.92 Å². The number of carbonyl (C=O) groups excluding carboxylic acids is 2. The maximum atomic E-state index is 13.4. The first-order valence-electron chi connectivity index (χ1n) is 13.5. The molecule has 0 atom stereocenters. The molecule has 1 amide bonds. The standard InChI is InChI=1S/C28H31N9O5/c1-16-21-15-30-27(34-24(21)37(19-6-4-5-7-19)26(40)23(16)17(2)38)33-22-9-8-20(14-29-22)42-11-10-36(3)28-31-12-18(13-32-28)25(39)35-41/h8-9,12-15,19,41H,4-7,10-11H2,1-3H3,(H,35,39)(H,29,30,33,34). The highest BCUT2D eigenvalue weighted by Crippen LogP contribution is 2.32. The van der Waals surface area contributed by atoms with E-state index in [4.69, 9.17) is 9.94 Å². The molecule has 0 unspecified atom stereocenters. The number of ketones is 1. The van der Waals surface area contributed by atoms with E-state index >= 15 is 0 Å². The SMILES string of the molecule is CC(=O)c1c(C)c2cnc(Nc3ccc(OCCN(C)c4ncc(C(=O)NO)cn4)cn3)nc2n(C2CCCC2)c1=O. The first-order valence-corrected chi connectivity index (χ1v) is 13.5. The summed E-state index contributed by atoms with van der Waals surface area (Å²) in [5, 5.41) is 12.5. The van der Waals surface area contributed by atoms with Gasteiger partial charge in [-0.25, -0.2) is 25.4 Å². The molecule has 0 spiro atoms. The molecular formula is C28H31N9O5. The molecule has 14 nitrogen and oxygen atoms in total. The average molecular weight is 574 g/mol. The van der Waals surface area contributed by atoms with E-state index in [9.17, 15) is 14.4 Å². The molecule has 0 saturated heterocycles. The van der Waals surface area contributed by atoms with Crippen LogP contribution < -0.4 is 26.0 Å². The van der Waals surface area contributed by atoms with E-state index in [2.05, 4.69) is 30.2 Å². The molecule has 1 aliphatic carbocycles. The average Bonchev–Trinajstić information content (AvgIpc) is 3.52. The smallest absolute Gasteiger partial charge is 0.277 e. The van der Waals surface area contributed by atoms with E-state index < -0.39 is 5.91 Å². The molecule has 0 bridgehead atoms. The van der Waals surface area contributed by atoms with Crippen LogP contribution in [0.2, 0.25) is 0 Å². The fraction of sp³-hybridized carbons (Fsp3) is 0.357. The van der Waals surface area contributed by atoms with Crippen LogP contribution in [0.3, 0.4) is 0 Å². The zero-order valence-electron chi connectivity index (χ0n) is 23.5. The fourth-order valence-corrected chi connectivity index (χ4v) is 5.06. The molecule has 0 aliphatic heterocycles. The third-order valence-corrected chi connectivity index (χ3v) is 7.27. The fourth-order valence-electron chi connectivity index (χ4n) is 5.06. The van der Waals surface area contributed by atoms with Crippen molar-refractivity contribution in [2.45, 2.75) is 45.6 Å². The first kappa shape index (κ1) is 28.5. The molecule has 4 aromatic heterocycles. The Kier molecular flexibility index (Phi) is 8.33. The van der Waals surface area contributed by atoms with E-state index in [-0.39, 0.29) is 34.5 Å². The van der Waals surface area contributed by atoms with Crippen molar-refractivity contribution in [3.8, 4) is 5.75 Å². The van der Waals surface area contributed by atoms with E-state index in [1.54, 1.807) is 48.0 Å². The summed E-state index contributed by atoms with van der Waals surface area (Å²) in [6.45, 7) is 3.96. The summed E-state index contributed by atoms with van der Waals surface area (Å²) in [5.41, 5.74) is 2.66. The van der Waals surface area contributed by atoms with Gasteiger partial charge in [-0.15, -0.1) is 0 Å². The van der Waals surface area contributed by atoms with Crippen molar-refractivity contribution in [3.05, 3.63) is 64.0 Å². The van der Waals surface area contributed by atoms with Gasteiger partial charge in [0, 0.05) is 37.1 Å². The summed E-state index contributed by atoms with van der Waals surface area (Å²) >= 11 is 0. The lowest BCUT2D eigenvalue weighted by molar-refractivity contribution is 0.0705. The van der Waals surface area contributed by atoms with Crippen LogP contribution >= 0.6 is 0 Å². The number of likely N-dealkylation sites (N-methyl/N-ethyl adjacent to an activating group) is 1. The molecule has 1 fully saturated rings. The minimum absolute atomic E-state index is 0.00580. The number of hydroxylamine groups is 1. The Morgan fingerprint density at radius 2 is 1.83 bits per heavy atom. The molecule has 1 saturated carbocycles. The molecule has 0 aromatic carbocycles. The molecule has 218 valence electrons. The van der Waals surface area contributed by atoms with Gasteiger partial charge in [0.15, 0.2) is 5.78 Å². The van der Waals surface area contributed by atoms with Gasteiger partial charge in [-0.3, -0.25) is 24.2 Å². The highest BCUT2D eigenvalue weighted by atomic mass is 16.5. The van der Waals surface area contributed by atoms with E-state index in [0.29, 0.717) is 47.3 Å². The molecule has 3 N–H and O–H groups in total. The van der Waals surface area contributed by atoms with Crippen molar-refractivity contribution in [3.63, 3.8) is 0 Å². The lowest BCUT2D eigenvalue weighted by Gasteiger charge is -2.19. The normalized spacial score (nSPS) is 13.2. The number of pyridine rings is 2. The Bertz CT molecular complexity index is 1670. The van der Waals surface area contributed by atoms with Gasteiger partial charge in [0.2, 0.25) is 11.9 Å². The van der Waals surface area contributed by atoms with Gasteiger partial charge in [-0.05, 0) is 44.4 Å². The van der Waals surface area contributed by atoms with Crippen molar-refractivity contribution in [2.24, 2.45) is 0 Å². The molecule has 5 rings (SSSR count). The number of Topliss-reactive ketones (excluding diaryl/α,β-unsaturated/α-hetero) is 1. The maximum absolute atomic E-state index is 13.4. The predicted octanol–water partition coefficient (Wildman–Crippen LogP) is 2.98. The Morgan fingerprint density at radius 3 is 2.48 bits per heavy atom. The Balaban J connectivity index is 1.26. The zero-order chi connectivity index (χ0) is 29.8. The quantitative estimate of drug-likeness (QED) is 0.144. The van der Waals surface area contributed by atoms with Gasteiger partial charge in [0.05, 0.1) is 23.9 Å². The molecule has 0 radical (unpaired) electrons. The summed E-state index contributed by atoms with van der Waals surface area (Å²) < 4.78 is 7.46. The number of rotatable bonds is 10. The number of aryl methyl sites for hydroxylation is 1. The zero-order valence-corrected chi connectivity index (χ0v) is 23.5. The monoisotopic (exact) mass is 573 g/mol. The second-order valence-electron chi connectivity index (χ2n) is 10.1. The molecular weight excluding hydrogens is 542 g/mol. The number of amides is 1. The summed E-state index contributed by atoms with van der Waals surface area (Å²) in [6.07, 6.45) is 9.63. The molecule has 4 heterocycles. The lowest BCUT2D eigenvalue weighted by atomic mass is 10.0. The lowest BCUT2D eigenvalue weighted by Crippen LogP contribution is -2.30. The van der Waals surface area contributed by atoms with Crippen LogP contribution in [-0.2, 0) is 0 Å². The highest BCUT2D eigenvalue weighted by Gasteiger charge is 2.26. The Hall–Kier alpha value is -4.98. The second-order valence-corrected chi connectivity index (χ2v) is 10.1. The largest absolute Gasteiger partial charge is 0.490 e. The van der Waals surface area contributed by atoms with Gasteiger partial charge in [0.25, 0.3) is 11.5 Å². The van der Waals surface area contributed by atoms with Crippen molar-refractivity contribution in [2.75, 3.05) is 30.4 Å². The van der Waals surface area contributed by atoms with Gasteiger partial charge >= 0.3 is 0 Å². The van der Waals surface area contributed by atoms with Crippen LogP contribution in [0.15, 0.2) is 41.7 Å². The van der Waals surface area contributed by atoms with E-state index in [0.717, 1.165) is 25.7 Å². The number of hydrogen-bond donors (Lipinski definition) is 3. The van der Waals surface area contributed by atoms with Gasteiger partial charge in [-0.2, -0.15) is 4.98 Å². The third kappa shape index (κ3) is 5.88. The molecule has 42 heavy (non-hydrogen) atoms. The van der Waals surface area contributed by atoms with Crippen molar-refractivity contribution in [1.82, 2.24) is 35.0 Å². The van der Waals surface area contributed by atoms with Crippen LogP contribution in [-0.4, -0.2) is 66.6 Å². The van der Waals surface area contributed by atoms with Gasteiger partial charge < -0.3 is 15.0 Å². The van der Waals surface area contributed by atoms with Crippen molar-refractivity contribution in [1.29, 1.82) is 0 Å². The Morgan fingerprint density at radius 1 is 1.10 bits per heavy atom. The van der Waals surface area contributed by atoms with Gasteiger partial charge in [0.1, 0.15) is 23.8 Å². The molecule has 1 aliphatic rings. The summed E-state index contributed by atoms with van der Waals surface area (Å²) in [6, 6.07) is 3.48. The first-order chi connectivity index (χ1) is 20.3. The maximum Gasteiger partial charge on any atom is 0.277 e. The highest BCUT2D eigenvalue weighted by molar-refractivity contribution is 5.99. The second kappa shape index (κ2) is 12.3. The van der Waals surface area contributed by atoms with E-state index in [1.807, 2.05) is 0 Å². The third-order valence-electron chi connectivity index (χ3n) is 7.27. The number of anilines is 3. The topological polar surface area (TPSA) is 177 Å². The van der Waals surface area contributed by atoms with E-state index in [1.165, 1.54) is 24.8 Å². The number of nitrogens with zero attached hydrogens (tertiary/aromatic N) is 7. The van der Waals surface area contributed by atoms with Crippen LogP contribution in [0.4, 0.5) is 17.7 Å². The minimum Gasteiger partial charge on any atom is -0.490 e. The van der Waals surface area contributed by atoms with Crippen LogP contribution in [0.5, 0.6) is 5.75 Å². The molecule has 4 aromatic rings. The minimum atomic E-state index is -0.687. The number of ether oxygens (including phenoxy) is 1. The molecule has 14 heteroatoms.